The second-order valence-electron chi connectivity index (χ2n) is 4.68. The first-order chi connectivity index (χ1) is 6.85. The zero-order valence-corrected chi connectivity index (χ0v) is 13.7. The zero-order valence-electron chi connectivity index (χ0n) is 11.5. The van der Waals surface area contributed by atoms with E-state index in [1.165, 1.54) is 0 Å². The molecule has 0 rings (SSSR count). The van der Waals surface area contributed by atoms with E-state index >= 15 is 0 Å². The molecule has 6 heteroatoms. The van der Waals surface area contributed by atoms with Gasteiger partial charge in [0.05, 0.1) is 26.8 Å². The molecule has 0 aromatic heterocycles. The van der Waals surface area contributed by atoms with E-state index in [0.29, 0.717) is 5.67 Å². The summed E-state index contributed by atoms with van der Waals surface area (Å²) >= 11 is 0. The lowest BCUT2D eigenvalue weighted by Crippen LogP contribution is -3.00. The molecule has 0 heterocycles. The SMILES string of the molecule is CCC([SiH2]C(OC)(OC)OC)[N+](C)(C)C.[Cl-]. The van der Waals surface area contributed by atoms with Crippen molar-refractivity contribution in [2.24, 2.45) is 0 Å². The number of methoxy groups -OCH3 is 3. The number of hydrogen-bond donors (Lipinski definition) is 0. The molecule has 0 spiro atoms. The molecule has 0 aromatic rings. The highest BCUT2D eigenvalue weighted by Crippen LogP contribution is 2.17. The lowest BCUT2D eigenvalue weighted by Gasteiger charge is -2.38. The summed E-state index contributed by atoms with van der Waals surface area (Å²) in [6, 6.07) is 0. The first-order valence-electron chi connectivity index (χ1n) is 5.31. The van der Waals surface area contributed by atoms with Crippen LogP contribution >= 0.6 is 0 Å². The Hall–Kier alpha value is 0.347. The predicted octanol–water partition coefficient (Wildman–Crippen LogP) is -2.85. The largest absolute Gasteiger partial charge is 1.00 e. The van der Waals surface area contributed by atoms with Gasteiger partial charge in [-0.25, -0.2) is 0 Å². The van der Waals surface area contributed by atoms with Gasteiger partial charge in [-0.3, -0.25) is 0 Å². The molecular weight excluding hydrogens is 246 g/mol. The van der Waals surface area contributed by atoms with Crippen molar-refractivity contribution in [3.63, 3.8) is 0 Å². The Morgan fingerprint density at radius 3 is 1.62 bits per heavy atom. The summed E-state index contributed by atoms with van der Waals surface area (Å²) in [5.74, 6) is 0. The minimum atomic E-state index is -0.772. The number of rotatable bonds is 7. The molecule has 1 atom stereocenters. The van der Waals surface area contributed by atoms with E-state index < -0.39 is 15.1 Å². The summed E-state index contributed by atoms with van der Waals surface area (Å²) in [6.45, 7) is 2.20. The van der Waals surface area contributed by atoms with Crippen molar-refractivity contribution >= 4 is 9.52 Å². The molecule has 0 bridgehead atoms. The van der Waals surface area contributed by atoms with Crippen LogP contribution in [0.4, 0.5) is 0 Å². The van der Waals surface area contributed by atoms with Crippen LogP contribution in [-0.4, -0.2) is 67.7 Å². The van der Waals surface area contributed by atoms with Crippen LogP contribution < -0.4 is 12.4 Å². The lowest BCUT2D eigenvalue weighted by atomic mass is 10.4. The number of halogens is 1. The smallest absolute Gasteiger partial charge is 0.255 e. The fourth-order valence-electron chi connectivity index (χ4n) is 1.75. The van der Waals surface area contributed by atoms with Gasteiger partial charge in [0.25, 0.3) is 5.60 Å². The maximum Gasteiger partial charge on any atom is 0.255 e. The van der Waals surface area contributed by atoms with Crippen molar-refractivity contribution in [1.29, 1.82) is 0 Å². The Labute approximate surface area is 108 Å². The molecule has 0 radical (unpaired) electrons. The van der Waals surface area contributed by atoms with Crippen LogP contribution in [0, 0.1) is 0 Å². The number of nitrogens with zero attached hydrogens (tertiary/aromatic N) is 1. The Morgan fingerprint density at radius 1 is 1.06 bits per heavy atom. The van der Waals surface area contributed by atoms with Crippen LogP contribution in [-0.2, 0) is 14.2 Å². The van der Waals surface area contributed by atoms with Gasteiger partial charge in [-0.05, 0) is 6.42 Å². The van der Waals surface area contributed by atoms with Gasteiger partial charge in [0, 0.05) is 21.3 Å². The molecule has 4 nitrogen and oxygen atoms in total. The highest BCUT2D eigenvalue weighted by atomic mass is 35.5. The minimum absolute atomic E-state index is 0. The maximum absolute atomic E-state index is 5.37. The zero-order chi connectivity index (χ0) is 12.1. The fourth-order valence-corrected chi connectivity index (χ4v) is 3.67. The molecule has 1 unspecified atom stereocenters. The fraction of sp³-hybridized carbons (Fsp3) is 1.00. The van der Waals surface area contributed by atoms with Gasteiger partial charge < -0.3 is 31.1 Å². The molecule has 0 fully saturated rings. The van der Waals surface area contributed by atoms with Crippen LogP contribution in [0.25, 0.3) is 0 Å². The van der Waals surface area contributed by atoms with E-state index in [2.05, 4.69) is 28.1 Å². The van der Waals surface area contributed by atoms with Crippen molar-refractivity contribution in [3.8, 4) is 0 Å². The third-order valence-corrected chi connectivity index (χ3v) is 6.50. The van der Waals surface area contributed by atoms with Gasteiger partial charge in [0.1, 0.15) is 0 Å². The van der Waals surface area contributed by atoms with Crippen molar-refractivity contribution in [2.75, 3.05) is 42.5 Å². The van der Waals surface area contributed by atoms with Gasteiger partial charge in [-0.1, -0.05) is 6.92 Å². The molecule has 0 saturated carbocycles. The first kappa shape index (κ1) is 18.7. The predicted molar refractivity (Wildman–Crippen MR) is 64.4 cm³/mol. The molecule has 0 aliphatic heterocycles. The molecular formula is C10H26ClNO3Si. The van der Waals surface area contributed by atoms with Gasteiger partial charge in [0.15, 0.2) is 9.52 Å². The monoisotopic (exact) mass is 271 g/mol. The molecule has 0 aromatic carbocycles. The first-order valence-corrected chi connectivity index (χ1v) is 6.84. The minimum Gasteiger partial charge on any atom is -1.00 e. The third-order valence-electron chi connectivity index (χ3n) is 2.99. The molecule has 0 aliphatic carbocycles. The van der Waals surface area contributed by atoms with Crippen LogP contribution in [0.2, 0.25) is 0 Å². The van der Waals surface area contributed by atoms with Gasteiger partial charge in [-0.15, -0.1) is 0 Å². The van der Waals surface area contributed by atoms with E-state index in [9.17, 15) is 0 Å². The quantitative estimate of drug-likeness (QED) is 0.284. The Kier molecular flexibility index (Phi) is 8.92. The second kappa shape index (κ2) is 7.63. The van der Waals surface area contributed by atoms with Gasteiger partial charge in [0.2, 0.25) is 0 Å². The molecule has 16 heavy (non-hydrogen) atoms. The van der Waals surface area contributed by atoms with E-state index in [1.807, 2.05) is 0 Å². The highest BCUT2D eigenvalue weighted by Gasteiger charge is 2.38. The Morgan fingerprint density at radius 2 is 1.44 bits per heavy atom. The number of ether oxygens (including phenoxy) is 3. The van der Waals surface area contributed by atoms with Crippen LogP contribution in [0.1, 0.15) is 13.3 Å². The lowest BCUT2D eigenvalue weighted by molar-refractivity contribution is -0.883. The maximum atomic E-state index is 5.37. The van der Waals surface area contributed by atoms with E-state index in [-0.39, 0.29) is 12.4 Å². The van der Waals surface area contributed by atoms with E-state index in [4.69, 9.17) is 14.2 Å². The average molecular weight is 272 g/mol. The van der Waals surface area contributed by atoms with Crippen molar-refractivity contribution in [2.45, 2.75) is 24.6 Å². The van der Waals surface area contributed by atoms with Crippen LogP contribution in [0.15, 0.2) is 0 Å². The summed E-state index contributed by atoms with van der Waals surface area (Å²) in [5.41, 5.74) is -0.198. The Bertz CT molecular complexity index is 175. The summed E-state index contributed by atoms with van der Waals surface area (Å²) in [4.78, 5) is 0. The summed E-state index contributed by atoms with van der Waals surface area (Å²) in [5, 5.41) is 0. The van der Waals surface area contributed by atoms with Crippen LogP contribution in [0.3, 0.4) is 0 Å². The van der Waals surface area contributed by atoms with Crippen molar-refractivity contribution in [1.82, 2.24) is 0 Å². The molecule has 0 saturated heterocycles. The third kappa shape index (κ3) is 5.12. The van der Waals surface area contributed by atoms with E-state index in [1.54, 1.807) is 21.3 Å². The number of quaternary nitrogens is 1. The van der Waals surface area contributed by atoms with Crippen LogP contribution in [0.5, 0.6) is 0 Å². The molecule has 0 amide bonds. The summed E-state index contributed by atoms with van der Waals surface area (Å²) in [7, 11) is 10.9. The summed E-state index contributed by atoms with van der Waals surface area (Å²) < 4.78 is 17.0. The standard InChI is InChI=1S/C10H26NO3Si.ClH/c1-8-9(11(2,3)4)15-10(12-5,13-6)14-7;/h9H,8,15H2,1-7H3;1H/q+1;/p-1. The Balaban J connectivity index is 0. The van der Waals surface area contributed by atoms with Crippen molar-refractivity contribution < 1.29 is 31.1 Å². The van der Waals surface area contributed by atoms with Gasteiger partial charge in [-0.2, -0.15) is 0 Å². The molecule has 0 aliphatic rings. The number of hydrogen-bond acceptors (Lipinski definition) is 3. The normalized spacial score (nSPS) is 15.2. The van der Waals surface area contributed by atoms with Crippen molar-refractivity contribution in [3.05, 3.63) is 0 Å². The summed E-state index contributed by atoms with van der Waals surface area (Å²) in [6.07, 6.45) is 1.12. The molecule has 0 N–H and O–H groups in total. The highest BCUT2D eigenvalue weighted by molar-refractivity contribution is 6.39. The topological polar surface area (TPSA) is 27.7 Å². The average Bonchev–Trinajstić information content (AvgIpc) is 2.19. The van der Waals surface area contributed by atoms with Gasteiger partial charge >= 0.3 is 0 Å². The van der Waals surface area contributed by atoms with E-state index in [0.717, 1.165) is 10.9 Å². The second-order valence-corrected chi connectivity index (χ2v) is 6.89. The molecule has 100 valence electrons.